The van der Waals surface area contributed by atoms with Gasteiger partial charge in [0, 0.05) is 33.7 Å². The summed E-state index contributed by atoms with van der Waals surface area (Å²) in [6, 6.07) is 0. The van der Waals surface area contributed by atoms with Crippen LogP contribution in [-0.2, 0) is 13.3 Å². The molecular weight excluding hydrogens is 212 g/mol. The van der Waals surface area contributed by atoms with Gasteiger partial charge in [0.15, 0.2) is 0 Å². The molecule has 0 spiro atoms. The standard InChI is InChI=1S/C9H18N2O3Si/c1-5-9(11-7-6-10-8-11)15(12-2,13-3)14-4/h6-9H,5H2,1-4H3/t9-/m1/s1. The highest BCUT2D eigenvalue weighted by Gasteiger charge is 2.47. The molecule has 0 radical (unpaired) electrons. The number of nitrogens with zero attached hydrogens (tertiary/aromatic N) is 2. The first-order chi connectivity index (χ1) is 7.24. The topological polar surface area (TPSA) is 45.5 Å². The molecule has 1 aromatic rings. The predicted octanol–water partition coefficient (Wildman–Crippen LogP) is 1.25. The third kappa shape index (κ3) is 2.28. The Balaban J connectivity index is 2.98. The Morgan fingerprint density at radius 2 is 1.87 bits per heavy atom. The summed E-state index contributed by atoms with van der Waals surface area (Å²) in [5.41, 5.74) is 0.0694. The van der Waals surface area contributed by atoms with E-state index < -0.39 is 8.80 Å². The minimum absolute atomic E-state index is 0.0694. The zero-order chi connectivity index (χ0) is 11.3. The second-order valence-electron chi connectivity index (χ2n) is 3.15. The van der Waals surface area contributed by atoms with Gasteiger partial charge in [0.1, 0.15) is 5.67 Å². The average Bonchev–Trinajstić information content (AvgIpc) is 2.79. The fourth-order valence-electron chi connectivity index (χ4n) is 1.76. The monoisotopic (exact) mass is 230 g/mol. The maximum atomic E-state index is 5.46. The Bertz CT molecular complexity index is 267. The first-order valence-corrected chi connectivity index (χ1v) is 6.67. The zero-order valence-corrected chi connectivity index (χ0v) is 10.6. The first-order valence-electron chi connectivity index (χ1n) is 4.87. The van der Waals surface area contributed by atoms with Crippen molar-refractivity contribution in [3.05, 3.63) is 18.7 Å². The van der Waals surface area contributed by atoms with Crippen molar-refractivity contribution in [3.8, 4) is 0 Å². The lowest BCUT2D eigenvalue weighted by molar-refractivity contribution is 0.101. The van der Waals surface area contributed by atoms with Crippen LogP contribution < -0.4 is 0 Å². The quantitative estimate of drug-likeness (QED) is 0.690. The molecule has 1 heterocycles. The number of aromatic nitrogens is 2. The van der Waals surface area contributed by atoms with E-state index >= 15 is 0 Å². The molecule has 1 atom stereocenters. The van der Waals surface area contributed by atoms with Crippen LogP contribution in [0.5, 0.6) is 0 Å². The summed E-state index contributed by atoms with van der Waals surface area (Å²) in [7, 11) is 2.24. The number of rotatable bonds is 6. The van der Waals surface area contributed by atoms with Gasteiger partial charge >= 0.3 is 8.80 Å². The van der Waals surface area contributed by atoms with Crippen molar-refractivity contribution in [1.29, 1.82) is 0 Å². The highest BCUT2D eigenvalue weighted by atomic mass is 28.4. The second kappa shape index (κ2) is 5.41. The molecule has 1 rings (SSSR count). The van der Waals surface area contributed by atoms with Gasteiger partial charge in [-0.2, -0.15) is 0 Å². The summed E-state index contributed by atoms with van der Waals surface area (Å²) in [5.74, 6) is 0. The van der Waals surface area contributed by atoms with Gasteiger partial charge < -0.3 is 17.8 Å². The molecule has 6 heteroatoms. The van der Waals surface area contributed by atoms with Crippen LogP contribution in [0.15, 0.2) is 18.7 Å². The van der Waals surface area contributed by atoms with Crippen LogP contribution in [0.25, 0.3) is 0 Å². The molecule has 1 aromatic heterocycles. The molecule has 5 nitrogen and oxygen atoms in total. The molecule has 0 amide bonds. The van der Waals surface area contributed by atoms with Crippen LogP contribution >= 0.6 is 0 Å². The van der Waals surface area contributed by atoms with Crippen LogP contribution in [0.1, 0.15) is 19.0 Å². The Morgan fingerprint density at radius 3 is 2.20 bits per heavy atom. The molecule has 0 saturated carbocycles. The highest BCUT2D eigenvalue weighted by molar-refractivity contribution is 6.61. The van der Waals surface area contributed by atoms with Gasteiger partial charge in [-0.05, 0) is 6.42 Å². The Hall–Kier alpha value is -0.693. The third-order valence-corrected chi connectivity index (χ3v) is 5.76. The Kier molecular flexibility index (Phi) is 4.46. The normalized spacial score (nSPS) is 14.1. The summed E-state index contributed by atoms with van der Waals surface area (Å²) in [6.07, 6.45) is 6.26. The summed E-state index contributed by atoms with van der Waals surface area (Å²) in [4.78, 5) is 4.03. The smallest absolute Gasteiger partial charge is 0.376 e. The van der Waals surface area contributed by atoms with Crippen LogP contribution in [0.3, 0.4) is 0 Å². The van der Waals surface area contributed by atoms with Crippen LogP contribution in [0.4, 0.5) is 0 Å². The molecule has 15 heavy (non-hydrogen) atoms. The molecule has 0 fully saturated rings. The van der Waals surface area contributed by atoms with E-state index in [1.54, 1.807) is 33.9 Å². The number of hydrogen-bond acceptors (Lipinski definition) is 4. The fraction of sp³-hybridized carbons (Fsp3) is 0.667. The summed E-state index contributed by atoms with van der Waals surface area (Å²) in [6.45, 7) is 2.07. The summed E-state index contributed by atoms with van der Waals surface area (Å²) in [5, 5.41) is 0. The maximum absolute atomic E-state index is 5.46. The second-order valence-corrected chi connectivity index (χ2v) is 6.25. The molecule has 86 valence electrons. The lowest BCUT2D eigenvalue weighted by Gasteiger charge is -2.32. The van der Waals surface area contributed by atoms with Crippen molar-refractivity contribution in [1.82, 2.24) is 9.55 Å². The van der Waals surface area contributed by atoms with Crippen LogP contribution in [-0.4, -0.2) is 39.7 Å². The molecule has 0 saturated heterocycles. The first kappa shape index (κ1) is 12.4. The van der Waals surface area contributed by atoms with Gasteiger partial charge in [0.05, 0.1) is 6.33 Å². The molecule has 0 aromatic carbocycles. The lowest BCUT2D eigenvalue weighted by atomic mass is 10.5. The Morgan fingerprint density at radius 1 is 1.27 bits per heavy atom. The van der Waals surface area contributed by atoms with Crippen molar-refractivity contribution in [2.45, 2.75) is 19.0 Å². The largest absolute Gasteiger partial charge is 0.524 e. The molecule has 0 aliphatic carbocycles. The lowest BCUT2D eigenvalue weighted by Crippen LogP contribution is -2.51. The molecule has 0 unspecified atom stereocenters. The van der Waals surface area contributed by atoms with Crippen molar-refractivity contribution in [2.75, 3.05) is 21.3 Å². The van der Waals surface area contributed by atoms with Gasteiger partial charge in [-0.25, -0.2) is 4.98 Å². The van der Waals surface area contributed by atoms with E-state index in [0.717, 1.165) is 6.42 Å². The molecule has 0 aliphatic rings. The fourth-order valence-corrected chi connectivity index (χ4v) is 4.09. The van der Waals surface area contributed by atoms with Gasteiger partial charge in [-0.15, -0.1) is 0 Å². The van der Waals surface area contributed by atoms with Crippen LogP contribution in [0.2, 0.25) is 0 Å². The number of imidazole rings is 1. The van der Waals surface area contributed by atoms with Gasteiger partial charge in [-0.3, -0.25) is 0 Å². The third-order valence-electron chi connectivity index (χ3n) is 2.53. The van der Waals surface area contributed by atoms with E-state index in [-0.39, 0.29) is 5.67 Å². The van der Waals surface area contributed by atoms with Crippen LogP contribution in [0, 0.1) is 0 Å². The molecule has 0 N–H and O–H groups in total. The summed E-state index contributed by atoms with van der Waals surface area (Å²) < 4.78 is 18.4. The van der Waals surface area contributed by atoms with Gasteiger partial charge in [0.25, 0.3) is 0 Å². The van der Waals surface area contributed by atoms with E-state index in [1.807, 2.05) is 10.8 Å². The van der Waals surface area contributed by atoms with E-state index in [4.69, 9.17) is 13.3 Å². The maximum Gasteiger partial charge on any atom is 0.524 e. The van der Waals surface area contributed by atoms with Gasteiger partial charge in [0.2, 0.25) is 0 Å². The van der Waals surface area contributed by atoms with Crippen molar-refractivity contribution in [3.63, 3.8) is 0 Å². The van der Waals surface area contributed by atoms with Crippen molar-refractivity contribution in [2.24, 2.45) is 0 Å². The SMILES string of the molecule is CC[C@H](n1ccnc1)[Si](OC)(OC)OC. The molecule has 0 bridgehead atoms. The average molecular weight is 230 g/mol. The zero-order valence-electron chi connectivity index (χ0n) is 9.64. The molecule has 0 aliphatic heterocycles. The van der Waals surface area contributed by atoms with E-state index in [9.17, 15) is 0 Å². The van der Waals surface area contributed by atoms with E-state index in [2.05, 4.69) is 11.9 Å². The minimum atomic E-state index is -2.63. The molecular formula is C9H18N2O3Si. The predicted molar refractivity (Wildman–Crippen MR) is 58.3 cm³/mol. The number of hydrogen-bond donors (Lipinski definition) is 0. The van der Waals surface area contributed by atoms with E-state index in [0.29, 0.717) is 0 Å². The Labute approximate surface area is 91.4 Å². The summed E-state index contributed by atoms with van der Waals surface area (Å²) >= 11 is 0. The minimum Gasteiger partial charge on any atom is -0.376 e. The highest BCUT2D eigenvalue weighted by Crippen LogP contribution is 2.26. The van der Waals surface area contributed by atoms with Crippen molar-refractivity contribution < 1.29 is 13.3 Å². The van der Waals surface area contributed by atoms with E-state index in [1.165, 1.54) is 0 Å². The van der Waals surface area contributed by atoms with Gasteiger partial charge in [-0.1, -0.05) is 6.92 Å². The van der Waals surface area contributed by atoms with Crippen molar-refractivity contribution >= 4 is 8.80 Å².